The quantitative estimate of drug-likeness (QED) is 0.578. The van der Waals surface area contributed by atoms with Crippen LogP contribution >= 0.6 is 11.3 Å². The third-order valence-corrected chi connectivity index (χ3v) is 2.66. The molecule has 1 unspecified atom stereocenters. The van der Waals surface area contributed by atoms with E-state index in [2.05, 4.69) is 16.8 Å². The summed E-state index contributed by atoms with van der Waals surface area (Å²) in [6, 6.07) is 4.12. The van der Waals surface area contributed by atoms with Crippen LogP contribution in [0.25, 0.3) is 0 Å². The van der Waals surface area contributed by atoms with Gasteiger partial charge < -0.3 is 15.5 Å². The van der Waals surface area contributed by atoms with Gasteiger partial charge in [-0.2, -0.15) is 0 Å². The van der Waals surface area contributed by atoms with Gasteiger partial charge in [-0.3, -0.25) is 0 Å². The van der Waals surface area contributed by atoms with Crippen LogP contribution in [0, 0.1) is 0 Å². The number of thiophene rings is 1. The highest BCUT2D eigenvalue weighted by Gasteiger charge is 2.00. The van der Waals surface area contributed by atoms with Crippen LogP contribution in [-0.4, -0.2) is 36.0 Å². The largest absolute Gasteiger partial charge is 0.394 e. The Morgan fingerprint density at radius 3 is 3.00 bits per heavy atom. The van der Waals surface area contributed by atoms with Gasteiger partial charge in [0.2, 0.25) is 0 Å². The fourth-order valence-electron chi connectivity index (χ4n) is 1.000. The van der Waals surface area contributed by atoms with Gasteiger partial charge in [0.25, 0.3) is 0 Å². The number of aliphatic hydroxyl groups is 2. The molecule has 0 aliphatic rings. The maximum absolute atomic E-state index is 9.01. The third kappa shape index (κ3) is 4.38. The van der Waals surface area contributed by atoms with Crippen molar-refractivity contribution in [3.63, 3.8) is 0 Å². The summed E-state index contributed by atoms with van der Waals surface area (Å²) in [6.45, 7) is 1.13. The molecule has 3 N–H and O–H groups in total. The van der Waals surface area contributed by atoms with Gasteiger partial charge in [0.05, 0.1) is 12.7 Å². The second-order valence-electron chi connectivity index (χ2n) is 2.87. The Kier molecular flexibility index (Phi) is 5.00. The second kappa shape index (κ2) is 6.10. The van der Waals surface area contributed by atoms with Crippen molar-refractivity contribution in [2.75, 3.05) is 19.7 Å². The highest BCUT2D eigenvalue weighted by molar-refractivity contribution is 7.09. The van der Waals surface area contributed by atoms with E-state index in [1.807, 2.05) is 6.07 Å². The lowest BCUT2D eigenvalue weighted by molar-refractivity contribution is 0.0947. The molecule has 0 amide bonds. The van der Waals surface area contributed by atoms with Crippen molar-refractivity contribution in [3.8, 4) is 0 Å². The van der Waals surface area contributed by atoms with Gasteiger partial charge in [0, 0.05) is 18.0 Å². The molecule has 1 heterocycles. The number of aliphatic hydroxyl groups excluding tert-OH is 2. The number of nitrogens with one attached hydrogen (secondary N) is 1. The van der Waals surface area contributed by atoms with E-state index in [1.54, 1.807) is 11.3 Å². The molecule has 74 valence electrons. The molecule has 1 atom stereocenters. The minimum atomic E-state index is -0.636. The summed E-state index contributed by atoms with van der Waals surface area (Å²) in [7, 11) is 0. The van der Waals surface area contributed by atoms with E-state index >= 15 is 0 Å². The summed E-state index contributed by atoms with van der Waals surface area (Å²) in [6.07, 6.45) is 0.346. The Hall–Kier alpha value is -0.420. The lowest BCUT2D eigenvalue weighted by Gasteiger charge is -2.07. The molecule has 1 aromatic heterocycles. The predicted octanol–water partition coefficient (Wildman–Crippen LogP) is 0.233. The highest BCUT2D eigenvalue weighted by atomic mass is 32.1. The monoisotopic (exact) mass is 201 g/mol. The summed E-state index contributed by atoms with van der Waals surface area (Å²) in [4.78, 5) is 1.34. The normalized spacial score (nSPS) is 13.1. The molecule has 0 bridgehead atoms. The van der Waals surface area contributed by atoms with Crippen molar-refractivity contribution in [2.45, 2.75) is 12.5 Å². The van der Waals surface area contributed by atoms with Crippen molar-refractivity contribution >= 4 is 11.3 Å². The molecule has 0 aliphatic carbocycles. The summed E-state index contributed by atoms with van der Waals surface area (Å²) >= 11 is 1.74. The van der Waals surface area contributed by atoms with Crippen molar-refractivity contribution in [3.05, 3.63) is 22.4 Å². The van der Waals surface area contributed by atoms with Crippen molar-refractivity contribution < 1.29 is 10.2 Å². The van der Waals surface area contributed by atoms with Crippen LogP contribution in [0.5, 0.6) is 0 Å². The Balaban J connectivity index is 2.02. The molecule has 0 fully saturated rings. The van der Waals surface area contributed by atoms with Gasteiger partial charge in [-0.05, 0) is 17.9 Å². The average molecular weight is 201 g/mol. The molecular formula is C9H15NO2S. The minimum absolute atomic E-state index is 0.175. The van der Waals surface area contributed by atoms with Gasteiger partial charge in [-0.1, -0.05) is 6.07 Å². The van der Waals surface area contributed by atoms with E-state index in [0.717, 1.165) is 13.0 Å². The fraction of sp³-hybridized carbons (Fsp3) is 0.556. The molecule has 1 rings (SSSR count). The van der Waals surface area contributed by atoms with Gasteiger partial charge in [-0.15, -0.1) is 11.3 Å². The summed E-state index contributed by atoms with van der Waals surface area (Å²) in [5.41, 5.74) is 0. The van der Waals surface area contributed by atoms with Crippen LogP contribution in [0.3, 0.4) is 0 Å². The Morgan fingerprint density at radius 1 is 1.54 bits per heavy atom. The fourth-order valence-corrected chi connectivity index (χ4v) is 1.71. The molecule has 4 heteroatoms. The molecule has 0 aromatic carbocycles. The second-order valence-corrected chi connectivity index (χ2v) is 3.90. The van der Waals surface area contributed by atoms with Crippen LogP contribution in [0.15, 0.2) is 17.5 Å². The molecule has 0 saturated carbocycles. The summed E-state index contributed by atoms with van der Waals surface area (Å²) in [5, 5.41) is 22.7. The maximum atomic E-state index is 9.01. The lowest BCUT2D eigenvalue weighted by atomic mass is 10.3. The first-order valence-electron chi connectivity index (χ1n) is 4.35. The zero-order valence-corrected chi connectivity index (χ0v) is 8.26. The van der Waals surface area contributed by atoms with Gasteiger partial charge in [0.1, 0.15) is 0 Å². The number of hydrogen-bond donors (Lipinski definition) is 3. The van der Waals surface area contributed by atoms with E-state index in [9.17, 15) is 0 Å². The standard InChI is InChI=1S/C9H15NO2S/c11-7-8(12)6-10-4-3-9-2-1-5-13-9/h1-2,5,8,10-12H,3-4,6-7H2. The van der Waals surface area contributed by atoms with Gasteiger partial charge in [0.15, 0.2) is 0 Å². The summed E-state index contributed by atoms with van der Waals surface area (Å²) < 4.78 is 0. The first-order chi connectivity index (χ1) is 6.33. The molecule has 0 aliphatic heterocycles. The Labute approximate surface area is 82.0 Å². The van der Waals surface area contributed by atoms with Crippen molar-refractivity contribution in [1.29, 1.82) is 0 Å². The SMILES string of the molecule is OCC(O)CNCCc1cccs1. The highest BCUT2D eigenvalue weighted by Crippen LogP contribution is 2.07. The Morgan fingerprint density at radius 2 is 2.38 bits per heavy atom. The first kappa shape index (κ1) is 10.7. The number of rotatable bonds is 6. The molecule has 0 saturated heterocycles. The molecule has 3 nitrogen and oxygen atoms in total. The zero-order chi connectivity index (χ0) is 9.52. The lowest BCUT2D eigenvalue weighted by Crippen LogP contribution is -2.30. The van der Waals surface area contributed by atoms with Crippen LogP contribution < -0.4 is 5.32 Å². The first-order valence-corrected chi connectivity index (χ1v) is 5.23. The van der Waals surface area contributed by atoms with Crippen molar-refractivity contribution in [2.24, 2.45) is 0 Å². The Bertz CT molecular complexity index is 213. The topological polar surface area (TPSA) is 52.5 Å². The van der Waals surface area contributed by atoms with E-state index in [-0.39, 0.29) is 6.61 Å². The van der Waals surface area contributed by atoms with Gasteiger partial charge >= 0.3 is 0 Å². The third-order valence-electron chi connectivity index (χ3n) is 1.72. The van der Waals surface area contributed by atoms with Crippen molar-refractivity contribution in [1.82, 2.24) is 5.32 Å². The maximum Gasteiger partial charge on any atom is 0.0894 e. The molecule has 1 aromatic rings. The minimum Gasteiger partial charge on any atom is -0.394 e. The summed E-state index contributed by atoms with van der Waals surface area (Å²) in [5.74, 6) is 0. The van der Waals surface area contributed by atoms with E-state index in [0.29, 0.717) is 6.54 Å². The number of hydrogen-bond acceptors (Lipinski definition) is 4. The van der Waals surface area contributed by atoms with Gasteiger partial charge in [-0.25, -0.2) is 0 Å². The van der Waals surface area contributed by atoms with Crippen LogP contribution in [0.2, 0.25) is 0 Å². The van der Waals surface area contributed by atoms with E-state index in [1.165, 1.54) is 4.88 Å². The zero-order valence-electron chi connectivity index (χ0n) is 7.44. The molecular weight excluding hydrogens is 186 g/mol. The smallest absolute Gasteiger partial charge is 0.0894 e. The van der Waals surface area contributed by atoms with Crippen LogP contribution in [0.4, 0.5) is 0 Å². The van der Waals surface area contributed by atoms with E-state index in [4.69, 9.17) is 10.2 Å². The molecule has 0 radical (unpaired) electrons. The predicted molar refractivity (Wildman–Crippen MR) is 54.0 cm³/mol. The average Bonchev–Trinajstić information content (AvgIpc) is 2.64. The molecule has 13 heavy (non-hydrogen) atoms. The van der Waals surface area contributed by atoms with E-state index < -0.39 is 6.10 Å². The van der Waals surface area contributed by atoms with Crippen LogP contribution in [-0.2, 0) is 6.42 Å². The van der Waals surface area contributed by atoms with Crippen LogP contribution in [0.1, 0.15) is 4.88 Å². The molecule has 0 spiro atoms.